The van der Waals surface area contributed by atoms with Gasteiger partial charge in [-0.1, -0.05) is 36.4 Å². The van der Waals surface area contributed by atoms with E-state index in [0.717, 1.165) is 12.0 Å². The standard InChI is InChI=1S/C18H18N2O2/c1-18(2)10-14-12-6-4-3-5-11(12)7-8-13(14)15(20-18)9-16(21)17(19)22/h3-9,20H,10H2,1-2H3,(H2,19,22)/b15-9-. The Morgan fingerprint density at radius 2 is 1.91 bits per heavy atom. The van der Waals surface area contributed by atoms with Gasteiger partial charge >= 0.3 is 0 Å². The Morgan fingerprint density at radius 1 is 1.18 bits per heavy atom. The van der Waals surface area contributed by atoms with Gasteiger partial charge in [-0.25, -0.2) is 0 Å². The molecule has 0 radical (unpaired) electrons. The van der Waals surface area contributed by atoms with Crippen molar-refractivity contribution in [1.29, 1.82) is 0 Å². The van der Waals surface area contributed by atoms with Crippen molar-refractivity contribution in [2.45, 2.75) is 25.8 Å². The summed E-state index contributed by atoms with van der Waals surface area (Å²) < 4.78 is 0. The van der Waals surface area contributed by atoms with Crippen LogP contribution in [0.3, 0.4) is 0 Å². The van der Waals surface area contributed by atoms with Gasteiger partial charge in [-0.2, -0.15) is 0 Å². The SMILES string of the molecule is CC1(C)Cc2c(ccc3ccccc23)/C(=C/C(=O)C(N)=O)N1. The number of fused-ring (bicyclic) bond motifs is 3. The van der Waals surface area contributed by atoms with E-state index >= 15 is 0 Å². The first-order chi connectivity index (χ1) is 10.4. The number of ketones is 1. The van der Waals surface area contributed by atoms with Gasteiger partial charge in [-0.3, -0.25) is 9.59 Å². The normalized spacial score (nSPS) is 17.8. The van der Waals surface area contributed by atoms with Crippen LogP contribution in [0.5, 0.6) is 0 Å². The predicted molar refractivity (Wildman–Crippen MR) is 87.0 cm³/mol. The highest BCUT2D eigenvalue weighted by Crippen LogP contribution is 2.34. The van der Waals surface area contributed by atoms with Crippen molar-refractivity contribution in [1.82, 2.24) is 5.32 Å². The number of carbonyl (C=O) groups is 2. The number of carbonyl (C=O) groups excluding carboxylic acids is 2. The number of hydrogen-bond donors (Lipinski definition) is 2. The van der Waals surface area contributed by atoms with E-state index in [1.807, 2.05) is 24.3 Å². The second-order valence-corrected chi connectivity index (χ2v) is 6.28. The van der Waals surface area contributed by atoms with Gasteiger partial charge in [0, 0.05) is 22.9 Å². The highest BCUT2D eigenvalue weighted by Gasteiger charge is 2.29. The van der Waals surface area contributed by atoms with E-state index in [4.69, 9.17) is 5.73 Å². The first-order valence-electron chi connectivity index (χ1n) is 7.22. The molecule has 1 amide bonds. The summed E-state index contributed by atoms with van der Waals surface area (Å²) in [7, 11) is 0. The average Bonchev–Trinajstić information content (AvgIpc) is 2.45. The highest BCUT2D eigenvalue weighted by molar-refractivity contribution is 6.41. The molecule has 4 heteroatoms. The molecule has 3 N–H and O–H groups in total. The number of nitrogens with one attached hydrogen (secondary N) is 1. The summed E-state index contributed by atoms with van der Waals surface area (Å²) in [4.78, 5) is 22.8. The fourth-order valence-corrected chi connectivity index (χ4v) is 3.01. The first kappa shape index (κ1) is 14.3. The fraction of sp³-hybridized carbons (Fsp3) is 0.222. The lowest BCUT2D eigenvalue weighted by Crippen LogP contribution is -2.44. The second kappa shape index (κ2) is 4.98. The molecule has 4 nitrogen and oxygen atoms in total. The summed E-state index contributed by atoms with van der Waals surface area (Å²) in [6.45, 7) is 4.14. The molecule has 0 atom stereocenters. The number of nitrogens with two attached hydrogens (primary N) is 1. The summed E-state index contributed by atoms with van der Waals surface area (Å²) in [6, 6.07) is 12.2. The van der Waals surface area contributed by atoms with Crippen LogP contribution in [0.1, 0.15) is 25.0 Å². The van der Waals surface area contributed by atoms with E-state index in [1.54, 1.807) is 0 Å². The molecule has 2 aromatic carbocycles. The van der Waals surface area contributed by atoms with Crippen molar-refractivity contribution in [3.63, 3.8) is 0 Å². The van der Waals surface area contributed by atoms with E-state index in [-0.39, 0.29) is 5.54 Å². The second-order valence-electron chi connectivity index (χ2n) is 6.28. The van der Waals surface area contributed by atoms with Crippen LogP contribution in [0.4, 0.5) is 0 Å². The summed E-state index contributed by atoms with van der Waals surface area (Å²) in [5, 5.41) is 5.67. The van der Waals surface area contributed by atoms with Gasteiger partial charge in [0.1, 0.15) is 0 Å². The summed E-state index contributed by atoms with van der Waals surface area (Å²) in [5.41, 5.74) is 7.65. The zero-order chi connectivity index (χ0) is 15.9. The number of benzene rings is 2. The molecule has 112 valence electrons. The van der Waals surface area contributed by atoms with Crippen LogP contribution in [0.25, 0.3) is 16.5 Å². The third kappa shape index (κ3) is 2.48. The van der Waals surface area contributed by atoms with Gasteiger partial charge in [0.05, 0.1) is 0 Å². The largest absolute Gasteiger partial charge is 0.379 e. The average molecular weight is 294 g/mol. The van der Waals surface area contributed by atoms with Crippen molar-refractivity contribution < 1.29 is 9.59 Å². The molecule has 1 aliphatic heterocycles. The number of amides is 1. The molecule has 1 aliphatic rings. The molecular formula is C18H18N2O2. The molecule has 1 heterocycles. The predicted octanol–water partition coefficient (Wildman–Crippen LogP) is 2.16. The maximum Gasteiger partial charge on any atom is 0.289 e. The zero-order valence-corrected chi connectivity index (χ0v) is 12.6. The number of rotatable bonds is 2. The van der Waals surface area contributed by atoms with Crippen LogP contribution in [-0.2, 0) is 16.0 Å². The minimum Gasteiger partial charge on any atom is -0.379 e. The van der Waals surface area contributed by atoms with E-state index in [2.05, 4.69) is 31.3 Å². The minimum atomic E-state index is -0.944. The summed E-state index contributed by atoms with van der Waals surface area (Å²) in [6.07, 6.45) is 2.14. The quantitative estimate of drug-likeness (QED) is 0.658. The Bertz CT molecular complexity index is 819. The lowest BCUT2D eigenvalue weighted by atomic mass is 9.83. The van der Waals surface area contributed by atoms with Gasteiger partial charge in [-0.15, -0.1) is 0 Å². The molecule has 0 saturated heterocycles. The van der Waals surface area contributed by atoms with Crippen LogP contribution in [0, 0.1) is 0 Å². The van der Waals surface area contributed by atoms with Crippen LogP contribution >= 0.6 is 0 Å². The third-order valence-electron chi connectivity index (χ3n) is 3.94. The molecule has 3 rings (SSSR count). The topological polar surface area (TPSA) is 72.2 Å². The summed E-state index contributed by atoms with van der Waals surface area (Å²) in [5.74, 6) is -1.64. The third-order valence-corrected chi connectivity index (χ3v) is 3.94. The lowest BCUT2D eigenvalue weighted by molar-refractivity contribution is -0.133. The molecule has 0 saturated carbocycles. The monoisotopic (exact) mass is 294 g/mol. The van der Waals surface area contributed by atoms with E-state index in [0.29, 0.717) is 5.70 Å². The Labute approximate surface area is 129 Å². The first-order valence-corrected chi connectivity index (χ1v) is 7.22. The lowest BCUT2D eigenvalue weighted by Gasteiger charge is -2.36. The van der Waals surface area contributed by atoms with Crippen molar-refractivity contribution in [2.75, 3.05) is 0 Å². The Hall–Kier alpha value is -2.62. The van der Waals surface area contributed by atoms with Crippen molar-refractivity contribution >= 4 is 28.2 Å². The zero-order valence-electron chi connectivity index (χ0n) is 12.6. The van der Waals surface area contributed by atoms with E-state index in [1.165, 1.54) is 22.4 Å². The maximum atomic E-state index is 11.7. The Kier molecular flexibility index (Phi) is 3.24. The van der Waals surface area contributed by atoms with Gasteiger partial charge in [0.2, 0.25) is 5.78 Å². The molecule has 22 heavy (non-hydrogen) atoms. The van der Waals surface area contributed by atoms with Crippen molar-refractivity contribution in [3.8, 4) is 0 Å². The van der Waals surface area contributed by atoms with Crippen LogP contribution < -0.4 is 11.1 Å². The van der Waals surface area contributed by atoms with Crippen molar-refractivity contribution in [3.05, 3.63) is 53.6 Å². The smallest absolute Gasteiger partial charge is 0.289 e. The highest BCUT2D eigenvalue weighted by atomic mass is 16.2. The molecular weight excluding hydrogens is 276 g/mol. The van der Waals surface area contributed by atoms with Gasteiger partial charge < -0.3 is 11.1 Å². The minimum absolute atomic E-state index is 0.207. The van der Waals surface area contributed by atoms with E-state index in [9.17, 15) is 9.59 Å². The molecule has 0 unspecified atom stereocenters. The Balaban J connectivity index is 2.24. The Morgan fingerprint density at radius 3 is 2.64 bits per heavy atom. The van der Waals surface area contributed by atoms with Gasteiger partial charge in [0.15, 0.2) is 0 Å². The van der Waals surface area contributed by atoms with Crippen molar-refractivity contribution in [2.24, 2.45) is 5.73 Å². The van der Waals surface area contributed by atoms with Crippen LogP contribution in [0.2, 0.25) is 0 Å². The molecule has 0 aromatic heterocycles. The molecule has 2 aromatic rings. The van der Waals surface area contributed by atoms with E-state index < -0.39 is 11.7 Å². The van der Waals surface area contributed by atoms with Gasteiger partial charge in [-0.05, 0) is 36.6 Å². The van der Waals surface area contributed by atoms with Crippen LogP contribution in [0.15, 0.2) is 42.5 Å². The van der Waals surface area contributed by atoms with Gasteiger partial charge in [0.25, 0.3) is 5.91 Å². The maximum absolute atomic E-state index is 11.7. The molecule has 0 fully saturated rings. The summed E-state index contributed by atoms with van der Waals surface area (Å²) >= 11 is 0. The molecule has 0 spiro atoms. The fourth-order valence-electron chi connectivity index (χ4n) is 3.01. The molecule has 0 bridgehead atoms. The molecule has 0 aliphatic carbocycles. The van der Waals surface area contributed by atoms with Crippen LogP contribution in [-0.4, -0.2) is 17.2 Å². The number of primary amides is 1. The number of hydrogen-bond acceptors (Lipinski definition) is 3.